The van der Waals surface area contributed by atoms with Gasteiger partial charge in [-0.25, -0.2) is 0 Å². The van der Waals surface area contributed by atoms with Gasteiger partial charge in [-0.05, 0) is 63.9 Å². The molecule has 0 saturated carbocycles. The van der Waals surface area contributed by atoms with Crippen LogP contribution in [0.3, 0.4) is 0 Å². The van der Waals surface area contributed by atoms with Crippen LogP contribution < -0.4 is 5.32 Å². The van der Waals surface area contributed by atoms with Gasteiger partial charge < -0.3 is 25.1 Å². The van der Waals surface area contributed by atoms with Crippen molar-refractivity contribution in [1.29, 1.82) is 5.26 Å². The van der Waals surface area contributed by atoms with E-state index in [9.17, 15) is 20.0 Å². The molecule has 1 aromatic rings. The fourth-order valence-electron chi connectivity index (χ4n) is 4.31. The van der Waals surface area contributed by atoms with Gasteiger partial charge in [-0.3, -0.25) is 9.59 Å². The number of benzene rings is 1. The summed E-state index contributed by atoms with van der Waals surface area (Å²) < 4.78 is 0. The van der Waals surface area contributed by atoms with Gasteiger partial charge in [-0.2, -0.15) is 5.26 Å². The summed E-state index contributed by atoms with van der Waals surface area (Å²) in [7, 11) is 0. The molecule has 0 radical (unpaired) electrons. The SMILES string of the molecule is CCN(CCO)C(=O)C(C#N)=C1CS/C(=C/Nc2ccc(CCN3CCCC3)cc2)C(=O)N1CC. The van der Waals surface area contributed by atoms with Crippen LogP contribution in [0.4, 0.5) is 5.69 Å². The summed E-state index contributed by atoms with van der Waals surface area (Å²) in [6, 6.07) is 10.3. The van der Waals surface area contributed by atoms with Gasteiger partial charge in [0.15, 0.2) is 0 Å². The van der Waals surface area contributed by atoms with Gasteiger partial charge in [0.2, 0.25) is 0 Å². The fraction of sp³-hybridized carbons (Fsp3) is 0.500. The van der Waals surface area contributed by atoms with Crippen LogP contribution in [0.15, 0.2) is 46.6 Å². The van der Waals surface area contributed by atoms with Crippen molar-refractivity contribution in [3.05, 3.63) is 52.2 Å². The molecular weight excluding hydrogens is 462 g/mol. The number of anilines is 1. The highest BCUT2D eigenvalue weighted by atomic mass is 32.2. The highest BCUT2D eigenvalue weighted by Crippen LogP contribution is 2.32. The van der Waals surface area contributed by atoms with Crippen molar-refractivity contribution in [3.8, 4) is 6.07 Å². The summed E-state index contributed by atoms with van der Waals surface area (Å²) in [6.45, 7) is 7.79. The maximum atomic E-state index is 13.1. The highest BCUT2D eigenvalue weighted by molar-refractivity contribution is 8.04. The van der Waals surface area contributed by atoms with Crippen molar-refractivity contribution in [1.82, 2.24) is 14.7 Å². The van der Waals surface area contributed by atoms with Crippen molar-refractivity contribution in [2.45, 2.75) is 33.1 Å². The van der Waals surface area contributed by atoms with E-state index >= 15 is 0 Å². The van der Waals surface area contributed by atoms with Gasteiger partial charge in [-0.15, -0.1) is 11.8 Å². The zero-order valence-electron chi connectivity index (χ0n) is 20.6. The first-order valence-corrected chi connectivity index (χ1v) is 13.3. The lowest BCUT2D eigenvalue weighted by Gasteiger charge is -2.31. The molecule has 2 saturated heterocycles. The smallest absolute Gasteiger partial charge is 0.266 e. The normalized spacial score (nSPS) is 19.1. The summed E-state index contributed by atoms with van der Waals surface area (Å²) in [5.74, 6) is -0.353. The van der Waals surface area contributed by atoms with Gasteiger partial charge in [0.1, 0.15) is 11.6 Å². The molecule has 2 heterocycles. The van der Waals surface area contributed by atoms with E-state index in [0.29, 0.717) is 29.4 Å². The first-order valence-electron chi connectivity index (χ1n) is 12.3. The molecule has 2 fully saturated rings. The Kier molecular flexibility index (Phi) is 10.2. The van der Waals surface area contributed by atoms with Gasteiger partial charge >= 0.3 is 0 Å². The molecule has 35 heavy (non-hydrogen) atoms. The van der Waals surface area contributed by atoms with E-state index in [2.05, 4.69) is 22.3 Å². The molecule has 0 aliphatic carbocycles. The molecule has 8 nitrogen and oxygen atoms in total. The Bertz CT molecular complexity index is 993. The summed E-state index contributed by atoms with van der Waals surface area (Å²) in [4.78, 5) is 31.9. The quantitative estimate of drug-likeness (QED) is 0.379. The number of nitriles is 1. The zero-order chi connectivity index (χ0) is 25.2. The van der Waals surface area contributed by atoms with Crippen molar-refractivity contribution in [2.24, 2.45) is 0 Å². The van der Waals surface area contributed by atoms with E-state index in [1.165, 1.54) is 53.1 Å². The van der Waals surface area contributed by atoms with Gasteiger partial charge in [0.25, 0.3) is 11.8 Å². The number of amides is 2. The van der Waals surface area contributed by atoms with E-state index in [-0.39, 0.29) is 24.6 Å². The van der Waals surface area contributed by atoms with Crippen LogP contribution in [0.25, 0.3) is 0 Å². The minimum atomic E-state index is -0.457. The summed E-state index contributed by atoms with van der Waals surface area (Å²) in [6.07, 6.45) is 5.33. The van der Waals surface area contributed by atoms with Crippen LogP contribution >= 0.6 is 11.8 Å². The molecule has 2 aliphatic heterocycles. The Hall–Kier alpha value is -2.80. The molecule has 0 bridgehead atoms. The number of likely N-dealkylation sites (tertiary alicyclic amines) is 1. The average molecular weight is 498 g/mol. The molecular formula is C26H35N5O3S. The fourth-order valence-corrected chi connectivity index (χ4v) is 5.28. The molecule has 0 aromatic heterocycles. The number of thioether (sulfide) groups is 1. The number of aliphatic hydroxyl groups excluding tert-OH is 1. The third-order valence-corrected chi connectivity index (χ3v) is 7.38. The van der Waals surface area contributed by atoms with E-state index in [0.717, 1.165) is 18.7 Å². The standard InChI is InChI=1S/C26H35N5O3S/c1-3-30(15-16-32)25(33)22(17-27)23-19-35-24(26(34)31(23)4-2)18-28-21-9-7-20(8-10-21)11-14-29-12-5-6-13-29/h7-10,18,28,32H,3-6,11-16,19H2,1-2H3/b23-22?,24-18+. The second-order valence-electron chi connectivity index (χ2n) is 8.53. The number of nitrogens with one attached hydrogen (secondary N) is 1. The minimum absolute atomic E-state index is 0.0421. The van der Waals surface area contributed by atoms with Crippen LogP contribution in [0.5, 0.6) is 0 Å². The molecule has 2 amide bonds. The molecule has 2 aliphatic rings. The van der Waals surface area contributed by atoms with Crippen LogP contribution in [0, 0.1) is 11.3 Å². The molecule has 0 spiro atoms. The molecule has 1 aromatic carbocycles. The number of nitrogens with zero attached hydrogens (tertiary/aromatic N) is 4. The Morgan fingerprint density at radius 2 is 1.97 bits per heavy atom. The first kappa shape index (κ1) is 26.8. The minimum Gasteiger partial charge on any atom is -0.395 e. The monoisotopic (exact) mass is 497 g/mol. The molecule has 188 valence electrons. The largest absolute Gasteiger partial charge is 0.395 e. The van der Waals surface area contributed by atoms with Gasteiger partial charge in [0, 0.05) is 43.8 Å². The lowest BCUT2D eigenvalue weighted by molar-refractivity contribution is -0.127. The molecule has 0 atom stereocenters. The molecule has 3 rings (SSSR count). The Labute approximate surface area is 212 Å². The predicted molar refractivity (Wildman–Crippen MR) is 139 cm³/mol. The summed E-state index contributed by atoms with van der Waals surface area (Å²) in [5, 5.41) is 22.1. The number of hydrogen-bond donors (Lipinski definition) is 2. The summed E-state index contributed by atoms with van der Waals surface area (Å²) >= 11 is 1.31. The van der Waals surface area contributed by atoms with E-state index < -0.39 is 5.91 Å². The number of likely N-dealkylation sites (N-methyl/N-ethyl adjacent to an activating group) is 2. The van der Waals surface area contributed by atoms with Crippen molar-refractivity contribution in [3.63, 3.8) is 0 Å². The predicted octanol–water partition coefficient (Wildman–Crippen LogP) is 2.79. The molecule has 2 N–H and O–H groups in total. The van der Waals surface area contributed by atoms with Crippen molar-refractivity contribution < 1.29 is 14.7 Å². The zero-order valence-corrected chi connectivity index (χ0v) is 21.4. The van der Waals surface area contributed by atoms with Crippen LogP contribution in [-0.2, 0) is 16.0 Å². The Balaban J connectivity index is 1.66. The lowest BCUT2D eigenvalue weighted by atomic mass is 10.1. The van der Waals surface area contributed by atoms with Crippen LogP contribution in [0.1, 0.15) is 32.3 Å². The van der Waals surface area contributed by atoms with Gasteiger partial charge in [0.05, 0.1) is 17.2 Å². The third-order valence-electron chi connectivity index (χ3n) is 6.35. The maximum Gasteiger partial charge on any atom is 0.266 e. The number of carbonyl (C=O) groups is 2. The second kappa shape index (κ2) is 13.3. The van der Waals surface area contributed by atoms with Gasteiger partial charge in [-0.1, -0.05) is 12.1 Å². The average Bonchev–Trinajstić information content (AvgIpc) is 3.40. The first-order chi connectivity index (χ1) is 17.0. The second-order valence-corrected chi connectivity index (χ2v) is 9.55. The summed E-state index contributed by atoms with van der Waals surface area (Å²) in [5.41, 5.74) is 2.57. The highest BCUT2D eigenvalue weighted by Gasteiger charge is 2.32. The number of rotatable bonds is 10. The third kappa shape index (κ3) is 6.88. The number of aliphatic hydroxyl groups is 1. The van der Waals surface area contributed by atoms with Crippen molar-refractivity contribution >= 4 is 29.3 Å². The maximum absolute atomic E-state index is 13.1. The topological polar surface area (TPSA) is 99.9 Å². The van der Waals surface area contributed by atoms with E-state index in [4.69, 9.17) is 0 Å². The van der Waals surface area contributed by atoms with Crippen LogP contribution in [-0.4, -0.2) is 83.2 Å². The molecule has 0 unspecified atom stereocenters. The van der Waals surface area contributed by atoms with E-state index in [1.807, 2.05) is 25.1 Å². The number of hydrogen-bond acceptors (Lipinski definition) is 7. The van der Waals surface area contributed by atoms with Crippen molar-refractivity contribution in [2.75, 3.05) is 56.9 Å². The Morgan fingerprint density at radius 3 is 2.57 bits per heavy atom. The van der Waals surface area contributed by atoms with E-state index in [1.54, 1.807) is 13.1 Å². The lowest BCUT2D eigenvalue weighted by Crippen LogP contribution is -2.40. The van der Waals surface area contributed by atoms with Crippen LogP contribution in [0.2, 0.25) is 0 Å². The Morgan fingerprint density at radius 1 is 1.26 bits per heavy atom. The molecule has 9 heteroatoms. The number of carbonyl (C=O) groups excluding carboxylic acids is 2.